The van der Waals surface area contributed by atoms with Crippen molar-refractivity contribution in [1.82, 2.24) is 20.3 Å². The van der Waals surface area contributed by atoms with E-state index in [-0.39, 0.29) is 0 Å². The quantitative estimate of drug-likeness (QED) is 0.853. The van der Waals surface area contributed by atoms with Crippen molar-refractivity contribution in [2.75, 3.05) is 13.1 Å². The van der Waals surface area contributed by atoms with Crippen LogP contribution in [0.4, 0.5) is 0 Å². The van der Waals surface area contributed by atoms with Crippen LogP contribution in [0.5, 0.6) is 0 Å². The van der Waals surface area contributed by atoms with Crippen LogP contribution >= 0.6 is 0 Å². The van der Waals surface area contributed by atoms with Gasteiger partial charge < -0.3 is 5.11 Å². The number of hydrogen-bond donors (Lipinski definition) is 2. The molecule has 2 heterocycles. The van der Waals surface area contributed by atoms with Crippen LogP contribution in [0.25, 0.3) is 0 Å². The smallest absolute Gasteiger partial charge is 0.123 e. The predicted octanol–water partition coefficient (Wildman–Crippen LogP) is 1.67. The van der Waals surface area contributed by atoms with Crippen molar-refractivity contribution in [1.29, 1.82) is 0 Å². The second-order valence-corrected chi connectivity index (χ2v) is 7.02. The highest BCUT2D eigenvalue weighted by Gasteiger charge is 2.42. The number of aliphatic hydroxyl groups is 1. The normalized spacial score (nSPS) is 35.6. The fraction of sp³-hybridized carbons (Fsp3) is 0.857. The summed E-state index contributed by atoms with van der Waals surface area (Å²) in [7, 11) is 0. The topological polar surface area (TPSA) is 65.0 Å². The average molecular weight is 264 g/mol. The SMILES string of the molecule is CC1(C)CCC(N2CCCC(O)(c3cn[nH]n3)C2)C1. The second-order valence-electron chi connectivity index (χ2n) is 7.02. The van der Waals surface area contributed by atoms with E-state index in [1.807, 2.05) is 0 Å². The van der Waals surface area contributed by atoms with Crippen molar-refractivity contribution in [2.45, 2.75) is 57.6 Å². The molecular weight excluding hydrogens is 240 g/mol. The van der Waals surface area contributed by atoms with Gasteiger partial charge in [0.2, 0.25) is 0 Å². The van der Waals surface area contributed by atoms with Crippen LogP contribution < -0.4 is 0 Å². The first-order valence-corrected chi connectivity index (χ1v) is 7.31. The minimum atomic E-state index is -0.821. The summed E-state index contributed by atoms with van der Waals surface area (Å²) in [4.78, 5) is 2.47. The Morgan fingerprint density at radius 3 is 2.89 bits per heavy atom. The molecule has 2 unspecified atom stereocenters. The van der Waals surface area contributed by atoms with Gasteiger partial charge in [-0.2, -0.15) is 15.4 Å². The maximum Gasteiger partial charge on any atom is 0.123 e. The molecule has 19 heavy (non-hydrogen) atoms. The molecule has 1 aliphatic carbocycles. The van der Waals surface area contributed by atoms with Gasteiger partial charge >= 0.3 is 0 Å². The summed E-state index contributed by atoms with van der Waals surface area (Å²) in [6, 6.07) is 0.619. The molecule has 0 amide bonds. The molecule has 5 heteroatoms. The van der Waals surface area contributed by atoms with Gasteiger partial charge in [0.05, 0.1) is 6.20 Å². The third-order valence-corrected chi connectivity index (χ3v) is 4.85. The molecule has 2 aliphatic rings. The zero-order valence-corrected chi connectivity index (χ0v) is 11.9. The zero-order chi connectivity index (χ0) is 13.5. The molecule has 1 saturated heterocycles. The monoisotopic (exact) mass is 264 g/mol. The van der Waals surface area contributed by atoms with E-state index in [0.717, 1.165) is 19.4 Å². The third-order valence-electron chi connectivity index (χ3n) is 4.85. The number of rotatable bonds is 2. The number of nitrogens with one attached hydrogen (secondary N) is 1. The molecule has 5 nitrogen and oxygen atoms in total. The van der Waals surface area contributed by atoms with Gasteiger partial charge in [-0.1, -0.05) is 13.8 Å². The molecular formula is C14H24N4O. The Labute approximate surface area is 114 Å². The molecule has 0 aromatic carbocycles. The Balaban J connectivity index is 1.72. The van der Waals surface area contributed by atoms with Crippen molar-refractivity contribution in [2.24, 2.45) is 5.41 Å². The Morgan fingerprint density at radius 1 is 1.42 bits per heavy atom. The number of piperidine rings is 1. The van der Waals surface area contributed by atoms with E-state index in [1.165, 1.54) is 19.3 Å². The summed E-state index contributed by atoms with van der Waals surface area (Å²) < 4.78 is 0. The highest BCUT2D eigenvalue weighted by Crippen LogP contribution is 2.41. The summed E-state index contributed by atoms with van der Waals surface area (Å²) in [6.07, 6.45) is 7.24. The standard InChI is InChI=1S/C14H24N4O/c1-13(2)6-4-11(8-13)18-7-3-5-14(19,10-18)12-9-15-17-16-12/h9,11,19H,3-8,10H2,1-2H3,(H,15,16,17). The molecule has 1 aliphatic heterocycles. The average Bonchev–Trinajstić information content (AvgIpc) is 2.98. The molecule has 0 spiro atoms. The number of hydrogen-bond acceptors (Lipinski definition) is 4. The van der Waals surface area contributed by atoms with E-state index in [2.05, 4.69) is 34.2 Å². The Bertz CT molecular complexity index is 431. The molecule has 2 fully saturated rings. The van der Waals surface area contributed by atoms with Crippen LogP contribution in [0.1, 0.15) is 51.6 Å². The second kappa shape index (κ2) is 4.56. The van der Waals surface area contributed by atoms with Crippen molar-refractivity contribution in [3.05, 3.63) is 11.9 Å². The summed E-state index contributed by atoms with van der Waals surface area (Å²) in [5.74, 6) is 0. The van der Waals surface area contributed by atoms with Crippen molar-refractivity contribution in [3.8, 4) is 0 Å². The molecule has 0 radical (unpaired) electrons. The van der Waals surface area contributed by atoms with E-state index in [0.29, 0.717) is 23.7 Å². The van der Waals surface area contributed by atoms with Gasteiger partial charge in [-0.05, 0) is 44.1 Å². The Morgan fingerprint density at radius 2 is 2.26 bits per heavy atom. The predicted molar refractivity (Wildman–Crippen MR) is 72.5 cm³/mol. The van der Waals surface area contributed by atoms with Crippen molar-refractivity contribution < 1.29 is 5.11 Å². The lowest BCUT2D eigenvalue weighted by molar-refractivity contribution is -0.0519. The fourth-order valence-electron chi connectivity index (χ4n) is 3.73. The van der Waals surface area contributed by atoms with E-state index in [9.17, 15) is 5.11 Å². The zero-order valence-electron chi connectivity index (χ0n) is 11.9. The number of H-pyrrole nitrogens is 1. The lowest BCUT2D eigenvalue weighted by Crippen LogP contribution is -2.49. The van der Waals surface area contributed by atoms with E-state index >= 15 is 0 Å². The number of nitrogens with zero attached hydrogens (tertiary/aromatic N) is 3. The van der Waals surface area contributed by atoms with Gasteiger partial charge in [-0.25, -0.2) is 0 Å². The van der Waals surface area contributed by atoms with Gasteiger partial charge in [0.1, 0.15) is 11.3 Å². The minimum absolute atomic E-state index is 0.452. The number of likely N-dealkylation sites (tertiary alicyclic amines) is 1. The van der Waals surface area contributed by atoms with Crippen LogP contribution in [0.3, 0.4) is 0 Å². The molecule has 1 aromatic heterocycles. The lowest BCUT2D eigenvalue weighted by Gasteiger charge is -2.41. The van der Waals surface area contributed by atoms with Crippen LogP contribution in [0, 0.1) is 5.41 Å². The van der Waals surface area contributed by atoms with Gasteiger partial charge in [0.25, 0.3) is 0 Å². The Kier molecular flexibility index (Phi) is 3.14. The number of aromatic nitrogens is 3. The largest absolute Gasteiger partial charge is 0.382 e. The molecule has 1 aromatic rings. The first kappa shape index (κ1) is 13.1. The van der Waals surface area contributed by atoms with Gasteiger partial charge in [-0.15, -0.1) is 0 Å². The molecule has 2 N–H and O–H groups in total. The van der Waals surface area contributed by atoms with E-state index in [4.69, 9.17) is 0 Å². The molecule has 106 valence electrons. The highest BCUT2D eigenvalue weighted by molar-refractivity contribution is 5.09. The summed E-state index contributed by atoms with van der Waals surface area (Å²) >= 11 is 0. The van der Waals surface area contributed by atoms with Crippen LogP contribution in [-0.4, -0.2) is 44.5 Å². The fourth-order valence-corrected chi connectivity index (χ4v) is 3.73. The maximum absolute atomic E-state index is 10.8. The lowest BCUT2D eigenvalue weighted by atomic mass is 9.88. The number of aromatic amines is 1. The van der Waals surface area contributed by atoms with Crippen molar-refractivity contribution >= 4 is 0 Å². The third kappa shape index (κ3) is 2.54. The highest BCUT2D eigenvalue weighted by atomic mass is 16.3. The van der Waals surface area contributed by atoms with Crippen LogP contribution in [0.15, 0.2) is 6.20 Å². The van der Waals surface area contributed by atoms with E-state index in [1.54, 1.807) is 6.20 Å². The summed E-state index contributed by atoms with van der Waals surface area (Å²) in [5.41, 5.74) is 0.320. The van der Waals surface area contributed by atoms with Crippen LogP contribution in [-0.2, 0) is 5.60 Å². The minimum Gasteiger partial charge on any atom is -0.382 e. The Hall–Kier alpha value is -0.940. The van der Waals surface area contributed by atoms with E-state index < -0.39 is 5.60 Å². The molecule has 2 atom stereocenters. The van der Waals surface area contributed by atoms with Gasteiger partial charge in [0.15, 0.2) is 0 Å². The first-order chi connectivity index (χ1) is 8.99. The molecule has 1 saturated carbocycles. The first-order valence-electron chi connectivity index (χ1n) is 7.31. The summed E-state index contributed by atoms with van der Waals surface area (Å²) in [5, 5.41) is 21.4. The number of β-amino-alcohol motifs (C(OH)–C–C–N with tert-alkyl or cyclic N) is 1. The summed E-state index contributed by atoms with van der Waals surface area (Å²) in [6.45, 7) is 6.49. The van der Waals surface area contributed by atoms with Crippen LogP contribution in [0.2, 0.25) is 0 Å². The van der Waals surface area contributed by atoms with Gasteiger partial charge in [-0.3, -0.25) is 4.90 Å². The van der Waals surface area contributed by atoms with Gasteiger partial charge in [0, 0.05) is 12.6 Å². The van der Waals surface area contributed by atoms with Crippen molar-refractivity contribution in [3.63, 3.8) is 0 Å². The maximum atomic E-state index is 10.8. The molecule has 0 bridgehead atoms. The molecule has 3 rings (SSSR count).